The molecule has 32 heavy (non-hydrogen) atoms. The molecule has 7 nitrogen and oxygen atoms in total. The van der Waals surface area contributed by atoms with Crippen molar-refractivity contribution in [2.24, 2.45) is 0 Å². The number of rotatable bonds is 6. The quantitative estimate of drug-likeness (QED) is 0.542. The van der Waals surface area contributed by atoms with Crippen molar-refractivity contribution in [1.29, 1.82) is 0 Å². The number of anilines is 1. The molecule has 1 N–H and O–H groups in total. The molecular weight excluding hydrogens is 470 g/mol. The summed E-state index contributed by atoms with van der Waals surface area (Å²) in [7, 11) is -2.31. The van der Waals surface area contributed by atoms with Crippen LogP contribution in [0.3, 0.4) is 0 Å². The Balaban J connectivity index is 1.53. The molecule has 0 saturated carbocycles. The molecule has 2 aromatic carbocycles. The summed E-state index contributed by atoms with van der Waals surface area (Å²) in [6.07, 6.45) is 1.89. The second kappa shape index (κ2) is 9.58. The third-order valence-corrected chi connectivity index (χ3v) is 8.47. The average molecular weight is 492 g/mol. The molecule has 168 valence electrons. The van der Waals surface area contributed by atoms with E-state index >= 15 is 0 Å². The van der Waals surface area contributed by atoms with Crippen LogP contribution in [-0.4, -0.2) is 43.3 Å². The summed E-state index contributed by atoms with van der Waals surface area (Å²) in [5, 5.41) is 5.20. The molecule has 2 heterocycles. The number of amides is 1. The second-order valence-electron chi connectivity index (χ2n) is 7.31. The smallest absolute Gasteiger partial charge is 0.245 e. The summed E-state index contributed by atoms with van der Waals surface area (Å²) in [5.74, 6) is 0.352. The number of piperidine rings is 1. The highest BCUT2D eigenvalue weighted by molar-refractivity contribution is 7.89. The predicted octanol–water partition coefficient (Wildman–Crippen LogP) is 4.65. The van der Waals surface area contributed by atoms with Crippen molar-refractivity contribution in [2.45, 2.75) is 30.2 Å². The third kappa shape index (κ3) is 4.66. The fraction of sp³-hybridized carbons (Fsp3) is 0.273. The number of benzene rings is 2. The lowest BCUT2D eigenvalue weighted by Gasteiger charge is -2.33. The van der Waals surface area contributed by atoms with Gasteiger partial charge in [-0.2, -0.15) is 4.31 Å². The molecule has 10 heteroatoms. The van der Waals surface area contributed by atoms with Gasteiger partial charge in [-0.25, -0.2) is 13.4 Å². The molecule has 1 saturated heterocycles. The number of aromatic nitrogens is 1. The van der Waals surface area contributed by atoms with Crippen molar-refractivity contribution in [3.63, 3.8) is 0 Å². The minimum absolute atomic E-state index is 0.0115. The Morgan fingerprint density at radius 2 is 1.94 bits per heavy atom. The van der Waals surface area contributed by atoms with Crippen LogP contribution in [0.5, 0.6) is 5.75 Å². The van der Waals surface area contributed by atoms with Crippen molar-refractivity contribution >= 4 is 44.0 Å². The van der Waals surface area contributed by atoms with E-state index in [1.807, 2.05) is 29.6 Å². The van der Waals surface area contributed by atoms with Gasteiger partial charge >= 0.3 is 0 Å². The van der Waals surface area contributed by atoms with Gasteiger partial charge in [0, 0.05) is 17.5 Å². The SMILES string of the molecule is COc1ccc(-c2csc(NC(=O)[C@H]3CCCCN3S(=O)(=O)c3ccccc3Cl)n2)cc1. The maximum absolute atomic E-state index is 13.3. The van der Waals surface area contributed by atoms with Gasteiger partial charge in [0.1, 0.15) is 16.7 Å². The summed E-state index contributed by atoms with van der Waals surface area (Å²) >= 11 is 7.43. The van der Waals surface area contributed by atoms with Gasteiger partial charge < -0.3 is 10.1 Å². The molecule has 3 aromatic rings. The maximum atomic E-state index is 13.3. The number of carbonyl (C=O) groups excluding carboxylic acids is 1. The lowest BCUT2D eigenvalue weighted by molar-refractivity contribution is -0.120. The fourth-order valence-corrected chi connectivity index (χ4v) is 6.52. The zero-order valence-corrected chi connectivity index (χ0v) is 19.7. The van der Waals surface area contributed by atoms with Crippen molar-refractivity contribution < 1.29 is 17.9 Å². The first-order chi connectivity index (χ1) is 15.4. The number of thiazole rings is 1. The van der Waals surface area contributed by atoms with Crippen LogP contribution >= 0.6 is 22.9 Å². The second-order valence-corrected chi connectivity index (χ2v) is 10.4. The van der Waals surface area contributed by atoms with Gasteiger partial charge in [-0.1, -0.05) is 30.2 Å². The van der Waals surface area contributed by atoms with Gasteiger partial charge in [0.25, 0.3) is 0 Å². The van der Waals surface area contributed by atoms with Gasteiger partial charge in [-0.3, -0.25) is 4.79 Å². The summed E-state index contributed by atoms with van der Waals surface area (Å²) in [6, 6.07) is 12.9. The number of hydrogen-bond donors (Lipinski definition) is 1. The molecule has 0 spiro atoms. The van der Waals surface area contributed by atoms with Crippen LogP contribution in [0.1, 0.15) is 19.3 Å². The van der Waals surface area contributed by atoms with E-state index in [4.69, 9.17) is 16.3 Å². The molecule has 0 aliphatic carbocycles. The van der Waals surface area contributed by atoms with E-state index in [1.165, 1.54) is 27.8 Å². The largest absolute Gasteiger partial charge is 0.497 e. The van der Waals surface area contributed by atoms with Gasteiger partial charge in [0.2, 0.25) is 15.9 Å². The molecule has 1 aliphatic heterocycles. The van der Waals surface area contributed by atoms with Crippen LogP contribution in [0.2, 0.25) is 5.02 Å². The van der Waals surface area contributed by atoms with Crippen LogP contribution < -0.4 is 10.1 Å². The molecule has 0 bridgehead atoms. The molecule has 1 atom stereocenters. The number of halogens is 1. The molecule has 1 aromatic heterocycles. The first-order valence-corrected chi connectivity index (χ1v) is 12.8. The Bertz CT molecular complexity index is 1210. The standard InChI is InChI=1S/C22H22ClN3O4S2/c1-30-16-11-9-15(10-12-16)18-14-31-22(24-18)25-21(27)19-7-4-5-13-26(19)32(28,29)20-8-3-2-6-17(20)23/h2-3,6,8-12,14,19H,4-5,7,13H2,1H3,(H,24,25,27)/t19-/m1/s1. The van der Waals surface area contributed by atoms with E-state index in [-0.39, 0.29) is 16.5 Å². The molecule has 1 fully saturated rings. The highest BCUT2D eigenvalue weighted by Crippen LogP contribution is 2.31. The molecular formula is C22H22ClN3O4S2. The highest BCUT2D eigenvalue weighted by atomic mass is 35.5. The first-order valence-electron chi connectivity index (χ1n) is 10.1. The Morgan fingerprint density at radius 3 is 2.66 bits per heavy atom. The maximum Gasteiger partial charge on any atom is 0.245 e. The van der Waals surface area contributed by atoms with E-state index in [0.717, 1.165) is 23.4 Å². The Labute approximate surface area is 196 Å². The molecule has 0 radical (unpaired) electrons. The molecule has 4 rings (SSSR count). The van der Waals surface area contributed by atoms with Crippen LogP contribution in [0.4, 0.5) is 5.13 Å². The molecule has 1 amide bonds. The van der Waals surface area contributed by atoms with Crippen molar-refractivity contribution in [3.8, 4) is 17.0 Å². The normalized spacial score (nSPS) is 17.1. The van der Waals surface area contributed by atoms with Crippen LogP contribution in [0.15, 0.2) is 58.8 Å². The van der Waals surface area contributed by atoms with Crippen molar-refractivity contribution in [3.05, 3.63) is 58.9 Å². The minimum atomic E-state index is -3.91. The van der Waals surface area contributed by atoms with Crippen molar-refractivity contribution in [2.75, 3.05) is 19.0 Å². The highest BCUT2D eigenvalue weighted by Gasteiger charge is 2.38. The number of sulfonamides is 1. The Hall–Kier alpha value is -2.46. The summed E-state index contributed by atoms with van der Waals surface area (Å²) in [4.78, 5) is 17.6. The number of carbonyl (C=O) groups is 1. The number of methoxy groups -OCH3 is 1. The minimum Gasteiger partial charge on any atom is -0.497 e. The fourth-order valence-electron chi connectivity index (χ4n) is 3.65. The number of ether oxygens (including phenoxy) is 1. The van der Waals surface area contributed by atoms with E-state index in [9.17, 15) is 13.2 Å². The van der Waals surface area contributed by atoms with E-state index < -0.39 is 22.0 Å². The molecule has 1 aliphatic rings. The van der Waals surface area contributed by atoms with Gasteiger partial charge in [0.15, 0.2) is 5.13 Å². The predicted molar refractivity (Wildman–Crippen MR) is 126 cm³/mol. The zero-order chi connectivity index (χ0) is 22.7. The summed E-state index contributed by atoms with van der Waals surface area (Å²) in [5.41, 5.74) is 1.61. The van der Waals surface area contributed by atoms with Crippen LogP contribution in [0, 0.1) is 0 Å². The van der Waals surface area contributed by atoms with Gasteiger partial charge in [-0.15, -0.1) is 11.3 Å². The first kappa shape index (κ1) is 22.7. The number of nitrogens with zero attached hydrogens (tertiary/aromatic N) is 2. The van der Waals surface area contributed by atoms with Crippen LogP contribution in [0.25, 0.3) is 11.3 Å². The average Bonchev–Trinajstić information content (AvgIpc) is 3.27. The van der Waals surface area contributed by atoms with Gasteiger partial charge in [-0.05, 0) is 49.2 Å². The third-order valence-electron chi connectivity index (χ3n) is 5.30. The lowest BCUT2D eigenvalue weighted by atomic mass is 10.0. The topological polar surface area (TPSA) is 88.6 Å². The van der Waals surface area contributed by atoms with Crippen molar-refractivity contribution in [1.82, 2.24) is 9.29 Å². The van der Waals surface area contributed by atoms with Gasteiger partial charge in [0.05, 0.1) is 17.8 Å². The lowest BCUT2D eigenvalue weighted by Crippen LogP contribution is -2.49. The Morgan fingerprint density at radius 1 is 1.19 bits per heavy atom. The molecule has 0 unspecified atom stereocenters. The van der Waals surface area contributed by atoms with E-state index in [1.54, 1.807) is 19.2 Å². The monoisotopic (exact) mass is 491 g/mol. The van der Waals surface area contributed by atoms with Crippen LogP contribution in [-0.2, 0) is 14.8 Å². The zero-order valence-electron chi connectivity index (χ0n) is 17.3. The summed E-state index contributed by atoms with van der Waals surface area (Å²) in [6.45, 7) is 0.264. The number of nitrogens with one attached hydrogen (secondary N) is 1. The van der Waals surface area contributed by atoms with E-state index in [0.29, 0.717) is 18.0 Å². The van der Waals surface area contributed by atoms with E-state index in [2.05, 4.69) is 10.3 Å². The number of hydrogen-bond acceptors (Lipinski definition) is 6. The summed E-state index contributed by atoms with van der Waals surface area (Å²) < 4.78 is 32.9. The Kier molecular flexibility index (Phi) is 6.80.